The number of hydrogen-bond acceptors (Lipinski definition) is 4. The van der Waals surface area contributed by atoms with E-state index in [9.17, 15) is 9.90 Å². The molecule has 0 bridgehead atoms. The molecule has 6 heteroatoms. The molecule has 4 rings (SSSR count). The second kappa shape index (κ2) is 7.00. The predicted octanol–water partition coefficient (Wildman–Crippen LogP) is 5.60. The minimum atomic E-state index is -1.30. The molecule has 1 fully saturated rings. The van der Waals surface area contributed by atoms with Crippen LogP contribution in [0.1, 0.15) is 57.2 Å². The first-order valence-electron chi connectivity index (χ1n) is 9.86. The third kappa shape index (κ3) is 3.74. The molecule has 1 heterocycles. The quantitative estimate of drug-likeness (QED) is 0.189. The van der Waals surface area contributed by atoms with E-state index in [0.717, 1.165) is 28.5 Å². The van der Waals surface area contributed by atoms with Crippen LogP contribution in [0, 0.1) is 5.41 Å². The van der Waals surface area contributed by atoms with Gasteiger partial charge >= 0.3 is 180 Å². The Bertz CT molecular complexity index is 1010. The van der Waals surface area contributed by atoms with Crippen LogP contribution < -0.4 is 8.85 Å². The molecule has 1 saturated carbocycles. The number of anilines is 2. The number of benzene rings is 2. The third-order valence-corrected chi connectivity index (χ3v) is 12.4. The number of phenolic OH excluding ortho intramolecular Hbond substituents is 1. The van der Waals surface area contributed by atoms with Gasteiger partial charge in [-0.3, -0.25) is 0 Å². The van der Waals surface area contributed by atoms with Crippen LogP contribution in [0.5, 0.6) is 5.75 Å². The summed E-state index contributed by atoms with van der Waals surface area (Å²) in [5.41, 5.74) is 4.47. The molecule has 5 nitrogen and oxygen atoms in total. The van der Waals surface area contributed by atoms with Crippen LogP contribution in [0.25, 0.3) is 0 Å². The molecule has 0 unspecified atom stereocenters. The van der Waals surface area contributed by atoms with Crippen LogP contribution in [0.4, 0.5) is 11.4 Å². The number of fused-ring (bicyclic) bond motifs is 1. The number of carbonyl (C=O) groups excluding carboxylic acids is 1. The summed E-state index contributed by atoms with van der Waals surface area (Å²) in [6.45, 7) is 8.56. The van der Waals surface area contributed by atoms with E-state index in [1.54, 1.807) is 25.1 Å². The normalized spacial score (nSPS) is 18.0. The topological polar surface area (TPSA) is 85.2 Å². The number of carbonyl (C=O) groups is 1. The molecule has 0 atom stereocenters. The Morgan fingerprint density at radius 2 is 1.93 bits per heavy atom. The molecule has 4 N–H and O–H groups in total. The molecule has 1 aliphatic carbocycles. The van der Waals surface area contributed by atoms with Crippen molar-refractivity contribution in [3.63, 3.8) is 0 Å². The van der Waals surface area contributed by atoms with E-state index in [-0.39, 0.29) is 11.7 Å². The fourth-order valence-corrected chi connectivity index (χ4v) is 8.50. The number of aromatic hydroxyl groups is 1. The van der Waals surface area contributed by atoms with E-state index in [2.05, 4.69) is 41.8 Å². The van der Waals surface area contributed by atoms with Crippen molar-refractivity contribution in [1.29, 1.82) is 5.41 Å². The maximum atomic E-state index is 13.2. The molecule has 0 saturated heterocycles. The van der Waals surface area contributed by atoms with Crippen molar-refractivity contribution in [3.8, 4) is 5.75 Å². The SMILES string of the molecule is CC(=N)c1cc(C2(C(=O)Nc3ccc4c(c3)CI(C(C)(C)C)N4)CC2)ccc1O. The van der Waals surface area contributed by atoms with Crippen molar-refractivity contribution < 1.29 is 9.90 Å². The number of hydrogen-bond donors (Lipinski definition) is 4. The van der Waals surface area contributed by atoms with Crippen molar-refractivity contribution >= 4 is 43.1 Å². The summed E-state index contributed by atoms with van der Waals surface area (Å²) < 4.78 is 5.18. The summed E-state index contributed by atoms with van der Waals surface area (Å²) in [6.07, 6.45) is 1.57. The van der Waals surface area contributed by atoms with E-state index in [1.165, 1.54) is 11.3 Å². The standard InChI is InChI=1S/C23H28IN3O2/c1-14(25)18-12-16(5-8-20(18)28)23(9-10-23)21(29)26-17-6-7-19-15(11-17)13-24(27-19)22(2,3)4/h5-8,11-12,25,27-28H,9-10,13H2,1-4H3,(H,26,29). The second-order valence-electron chi connectivity index (χ2n) is 8.92. The summed E-state index contributed by atoms with van der Waals surface area (Å²) >= 11 is -1.30. The van der Waals surface area contributed by atoms with Gasteiger partial charge in [-0.15, -0.1) is 0 Å². The van der Waals surface area contributed by atoms with Gasteiger partial charge in [0.15, 0.2) is 0 Å². The fraction of sp³-hybridized carbons (Fsp3) is 0.391. The van der Waals surface area contributed by atoms with Crippen LogP contribution >= 0.6 is 20.1 Å². The zero-order valence-corrected chi connectivity index (χ0v) is 19.5. The number of halogens is 1. The fourth-order valence-electron chi connectivity index (χ4n) is 3.67. The van der Waals surface area contributed by atoms with Gasteiger partial charge in [-0.05, 0) is 0 Å². The van der Waals surface area contributed by atoms with Gasteiger partial charge in [0.05, 0.1) is 0 Å². The molecule has 2 aromatic rings. The van der Waals surface area contributed by atoms with Crippen LogP contribution in [-0.2, 0) is 14.6 Å². The molecule has 0 spiro atoms. The van der Waals surface area contributed by atoms with Gasteiger partial charge in [0.1, 0.15) is 0 Å². The van der Waals surface area contributed by atoms with Gasteiger partial charge in [0.25, 0.3) is 0 Å². The second-order valence-corrected chi connectivity index (χ2v) is 15.5. The van der Waals surface area contributed by atoms with E-state index in [1.807, 2.05) is 6.07 Å². The van der Waals surface area contributed by atoms with Crippen molar-refractivity contribution in [1.82, 2.24) is 0 Å². The number of rotatable bonds is 4. The molecule has 1 amide bonds. The average Bonchev–Trinajstić information content (AvgIpc) is 3.33. The minimum absolute atomic E-state index is 0.00568. The Kier molecular flexibility index (Phi) is 4.88. The first-order chi connectivity index (χ1) is 13.6. The summed E-state index contributed by atoms with van der Waals surface area (Å²) in [7, 11) is 0. The van der Waals surface area contributed by atoms with E-state index in [0.29, 0.717) is 14.7 Å². The van der Waals surface area contributed by atoms with Gasteiger partial charge in [0.2, 0.25) is 0 Å². The van der Waals surface area contributed by atoms with Gasteiger partial charge in [-0.1, -0.05) is 0 Å². The van der Waals surface area contributed by atoms with E-state index < -0.39 is 25.5 Å². The van der Waals surface area contributed by atoms with Gasteiger partial charge in [-0.2, -0.15) is 0 Å². The zero-order chi connectivity index (χ0) is 21.0. The number of nitrogens with one attached hydrogen (secondary N) is 3. The molecular weight excluding hydrogens is 477 g/mol. The molecule has 2 aliphatic rings. The number of phenols is 1. The first-order valence-corrected chi connectivity index (χ1v) is 13.5. The number of amides is 1. The Morgan fingerprint density at radius 1 is 1.21 bits per heavy atom. The van der Waals surface area contributed by atoms with Crippen molar-refractivity contribution in [2.75, 3.05) is 8.85 Å². The van der Waals surface area contributed by atoms with Gasteiger partial charge in [0, 0.05) is 0 Å². The summed E-state index contributed by atoms with van der Waals surface area (Å²) in [6, 6.07) is 11.4. The molecule has 1 aliphatic heterocycles. The molecule has 29 heavy (non-hydrogen) atoms. The molecular formula is C23H28IN3O2. The molecule has 154 valence electrons. The van der Waals surface area contributed by atoms with Gasteiger partial charge in [-0.25, -0.2) is 0 Å². The average molecular weight is 505 g/mol. The monoisotopic (exact) mass is 505 g/mol. The van der Waals surface area contributed by atoms with Crippen LogP contribution in [0.15, 0.2) is 36.4 Å². The number of alkyl halides is 2. The van der Waals surface area contributed by atoms with E-state index >= 15 is 0 Å². The van der Waals surface area contributed by atoms with Crippen molar-refractivity contribution in [2.24, 2.45) is 0 Å². The van der Waals surface area contributed by atoms with E-state index in [4.69, 9.17) is 5.41 Å². The molecule has 0 radical (unpaired) electrons. The van der Waals surface area contributed by atoms with Crippen LogP contribution in [0.3, 0.4) is 0 Å². The Morgan fingerprint density at radius 3 is 2.55 bits per heavy atom. The van der Waals surface area contributed by atoms with Crippen molar-refractivity contribution in [3.05, 3.63) is 53.1 Å². The molecule has 0 aromatic heterocycles. The van der Waals surface area contributed by atoms with Crippen LogP contribution in [-0.4, -0.2) is 20.1 Å². The Hall–Kier alpha value is -2.09. The zero-order valence-electron chi connectivity index (χ0n) is 17.3. The van der Waals surface area contributed by atoms with Crippen LogP contribution in [0.2, 0.25) is 0 Å². The summed E-state index contributed by atoms with van der Waals surface area (Å²) in [4.78, 5) is 13.2. The van der Waals surface area contributed by atoms with Gasteiger partial charge < -0.3 is 0 Å². The first kappa shape index (κ1) is 20.2. The summed E-state index contributed by atoms with van der Waals surface area (Å²) in [5.74, 6) is 0.0792. The maximum absolute atomic E-state index is 13.2. The Balaban J connectivity index is 1.54. The third-order valence-electron chi connectivity index (χ3n) is 5.68. The molecule has 2 aromatic carbocycles. The predicted molar refractivity (Wildman–Crippen MR) is 128 cm³/mol. The van der Waals surface area contributed by atoms with Crippen molar-refractivity contribution in [2.45, 2.75) is 53.8 Å². The summed E-state index contributed by atoms with van der Waals surface area (Å²) in [5, 5.41) is 21.0. The Labute approximate surface area is 179 Å².